The maximum atomic E-state index is 11.4. The summed E-state index contributed by atoms with van der Waals surface area (Å²) >= 11 is 0. The number of rotatable bonds is 3. The molecule has 0 bridgehead atoms. The van der Waals surface area contributed by atoms with Gasteiger partial charge in [0.15, 0.2) is 0 Å². The SMILES string of the molecule is CCN(C(=O)C(=O)O)[C@@H](C)c1ccccc1. The van der Waals surface area contributed by atoms with Crippen molar-refractivity contribution in [2.75, 3.05) is 6.54 Å². The van der Waals surface area contributed by atoms with E-state index >= 15 is 0 Å². The Morgan fingerprint density at radius 3 is 2.31 bits per heavy atom. The molecule has 0 aromatic heterocycles. The second-order valence-corrected chi connectivity index (χ2v) is 3.48. The van der Waals surface area contributed by atoms with Gasteiger partial charge in [0, 0.05) is 6.54 Å². The second kappa shape index (κ2) is 5.30. The Bertz CT molecular complexity index is 375. The van der Waals surface area contributed by atoms with Gasteiger partial charge in [-0.2, -0.15) is 0 Å². The van der Waals surface area contributed by atoms with E-state index in [0.29, 0.717) is 6.54 Å². The van der Waals surface area contributed by atoms with Crippen molar-refractivity contribution in [1.29, 1.82) is 0 Å². The van der Waals surface area contributed by atoms with Gasteiger partial charge >= 0.3 is 11.9 Å². The van der Waals surface area contributed by atoms with Crippen LogP contribution in [0.15, 0.2) is 30.3 Å². The highest BCUT2D eigenvalue weighted by molar-refractivity contribution is 6.31. The summed E-state index contributed by atoms with van der Waals surface area (Å²) < 4.78 is 0. The minimum absolute atomic E-state index is 0.227. The van der Waals surface area contributed by atoms with Crippen molar-refractivity contribution in [3.8, 4) is 0 Å². The summed E-state index contributed by atoms with van der Waals surface area (Å²) in [7, 11) is 0. The van der Waals surface area contributed by atoms with Crippen LogP contribution in [-0.4, -0.2) is 28.4 Å². The normalized spacial score (nSPS) is 11.9. The first-order valence-electron chi connectivity index (χ1n) is 5.16. The number of carbonyl (C=O) groups excluding carboxylic acids is 1. The van der Waals surface area contributed by atoms with Gasteiger partial charge in [0.2, 0.25) is 0 Å². The highest BCUT2D eigenvalue weighted by atomic mass is 16.4. The second-order valence-electron chi connectivity index (χ2n) is 3.48. The number of hydrogen-bond acceptors (Lipinski definition) is 2. The number of carboxylic acids is 1. The molecule has 0 heterocycles. The van der Waals surface area contributed by atoms with Gasteiger partial charge in [-0.05, 0) is 19.4 Å². The molecule has 0 unspecified atom stereocenters. The van der Waals surface area contributed by atoms with Gasteiger partial charge in [-0.15, -0.1) is 0 Å². The largest absolute Gasteiger partial charge is 0.474 e. The van der Waals surface area contributed by atoms with Crippen LogP contribution in [0.1, 0.15) is 25.5 Å². The van der Waals surface area contributed by atoms with Crippen LogP contribution >= 0.6 is 0 Å². The van der Waals surface area contributed by atoms with Gasteiger partial charge in [-0.3, -0.25) is 4.79 Å². The van der Waals surface area contributed by atoms with Crippen molar-refractivity contribution in [3.63, 3.8) is 0 Å². The molecule has 0 aliphatic carbocycles. The zero-order valence-electron chi connectivity index (χ0n) is 9.38. The molecule has 1 aromatic carbocycles. The number of likely N-dealkylation sites (N-methyl/N-ethyl adjacent to an activating group) is 1. The molecule has 0 aliphatic rings. The number of carboxylic acid groups (broad SMARTS) is 1. The standard InChI is InChI=1S/C12H15NO3/c1-3-13(11(14)12(15)16)9(2)10-7-5-4-6-8-10/h4-9H,3H2,1-2H3,(H,15,16)/t9-/m0/s1. The quantitative estimate of drug-likeness (QED) is 0.790. The molecule has 0 saturated heterocycles. The molecule has 1 rings (SSSR count). The van der Waals surface area contributed by atoms with Gasteiger partial charge in [-0.1, -0.05) is 30.3 Å². The van der Waals surface area contributed by atoms with Crippen LogP contribution in [0, 0.1) is 0 Å². The van der Waals surface area contributed by atoms with Crippen LogP contribution in [-0.2, 0) is 9.59 Å². The summed E-state index contributed by atoms with van der Waals surface area (Å²) in [6, 6.07) is 9.14. The van der Waals surface area contributed by atoms with Crippen molar-refractivity contribution in [2.45, 2.75) is 19.9 Å². The third-order valence-corrected chi connectivity index (χ3v) is 2.53. The zero-order chi connectivity index (χ0) is 12.1. The van der Waals surface area contributed by atoms with E-state index in [1.807, 2.05) is 37.3 Å². The van der Waals surface area contributed by atoms with Crippen LogP contribution in [0.3, 0.4) is 0 Å². The lowest BCUT2D eigenvalue weighted by Gasteiger charge is -2.26. The highest BCUT2D eigenvalue weighted by Crippen LogP contribution is 2.19. The number of aliphatic carboxylic acids is 1. The summed E-state index contributed by atoms with van der Waals surface area (Å²) in [5, 5.41) is 8.69. The van der Waals surface area contributed by atoms with E-state index < -0.39 is 11.9 Å². The van der Waals surface area contributed by atoms with E-state index in [4.69, 9.17) is 5.11 Å². The molecule has 1 aromatic rings. The Morgan fingerprint density at radius 2 is 1.88 bits per heavy atom. The third-order valence-electron chi connectivity index (χ3n) is 2.53. The minimum atomic E-state index is -1.41. The van der Waals surface area contributed by atoms with Crippen molar-refractivity contribution < 1.29 is 14.7 Å². The first-order chi connectivity index (χ1) is 7.57. The molecule has 0 fully saturated rings. The summed E-state index contributed by atoms with van der Waals surface area (Å²) in [6.07, 6.45) is 0. The van der Waals surface area contributed by atoms with Crippen LogP contribution in [0.25, 0.3) is 0 Å². The monoisotopic (exact) mass is 221 g/mol. The Hall–Kier alpha value is -1.84. The van der Waals surface area contributed by atoms with E-state index in [1.54, 1.807) is 6.92 Å². The Balaban J connectivity index is 2.90. The number of benzene rings is 1. The Labute approximate surface area is 94.5 Å². The van der Waals surface area contributed by atoms with Crippen LogP contribution in [0.4, 0.5) is 0 Å². The highest BCUT2D eigenvalue weighted by Gasteiger charge is 2.24. The molecule has 4 heteroatoms. The minimum Gasteiger partial charge on any atom is -0.474 e. The molecular weight excluding hydrogens is 206 g/mol. The van der Waals surface area contributed by atoms with E-state index in [0.717, 1.165) is 5.56 Å². The van der Waals surface area contributed by atoms with Crippen molar-refractivity contribution in [3.05, 3.63) is 35.9 Å². The van der Waals surface area contributed by atoms with Gasteiger partial charge in [0.05, 0.1) is 6.04 Å². The van der Waals surface area contributed by atoms with Crippen molar-refractivity contribution in [2.24, 2.45) is 0 Å². The topological polar surface area (TPSA) is 57.6 Å². The number of amides is 1. The molecule has 86 valence electrons. The summed E-state index contributed by atoms with van der Waals surface area (Å²) in [6.45, 7) is 3.96. The fraction of sp³-hybridized carbons (Fsp3) is 0.333. The lowest BCUT2D eigenvalue weighted by Crippen LogP contribution is -2.38. The summed E-state index contributed by atoms with van der Waals surface area (Å²) in [5.74, 6) is -2.27. The number of carbonyl (C=O) groups is 2. The van der Waals surface area contributed by atoms with Crippen molar-refractivity contribution >= 4 is 11.9 Å². The molecular formula is C12H15NO3. The molecule has 1 amide bonds. The van der Waals surface area contributed by atoms with E-state index in [-0.39, 0.29) is 6.04 Å². The molecule has 0 saturated carbocycles. The predicted molar refractivity (Wildman–Crippen MR) is 59.9 cm³/mol. The molecule has 4 nitrogen and oxygen atoms in total. The first-order valence-corrected chi connectivity index (χ1v) is 5.16. The predicted octanol–water partition coefficient (Wildman–Crippen LogP) is 1.68. The lowest BCUT2D eigenvalue weighted by molar-refractivity contribution is -0.157. The van der Waals surface area contributed by atoms with E-state index in [9.17, 15) is 9.59 Å². The van der Waals surface area contributed by atoms with Gasteiger partial charge in [0.1, 0.15) is 0 Å². The fourth-order valence-electron chi connectivity index (χ4n) is 1.63. The molecule has 0 aliphatic heterocycles. The van der Waals surface area contributed by atoms with Crippen LogP contribution in [0.5, 0.6) is 0 Å². The van der Waals surface area contributed by atoms with Gasteiger partial charge in [0.25, 0.3) is 0 Å². The number of nitrogens with zero attached hydrogens (tertiary/aromatic N) is 1. The molecule has 1 atom stereocenters. The average Bonchev–Trinajstić information content (AvgIpc) is 2.30. The summed E-state index contributed by atoms with van der Waals surface area (Å²) in [4.78, 5) is 23.4. The Kier molecular flexibility index (Phi) is 4.05. The molecule has 1 N–H and O–H groups in total. The maximum absolute atomic E-state index is 11.4. The lowest BCUT2D eigenvalue weighted by atomic mass is 10.1. The Morgan fingerprint density at radius 1 is 1.31 bits per heavy atom. The maximum Gasteiger partial charge on any atom is 0.394 e. The molecule has 16 heavy (non-hydrogen) atoms. The average molecular weight is 221 g/mol. The first kappa shape index (κ1) is 12.2. The molecule has 0 radical (unpaired) electrons. The van der Waals surface area contributed by atoms with Crippen LogP contribution in [0.2, 0.25) is 0 Å². The fourth-order valence-corrected chi connectivity index (χ4v) is 1.63. The van der Waals surface area contributed by atoms with E-state index in [1.165, 1.54) is 4.90 Å². The summed E-state index contributed by atoms with van der Waals surface area (Å²) in [5.41, 5.74) is 0.930. The number of hydrogen-bond donors (Lipinski definition) is 1. The molecule has 0 spiro atoms. The third kappa shape index (κ3) is 2.59. The van der Waals surface area contributed by atoms with Crippen LogP contribution < -0.4 is 0 Å². The van der Waals surface area contributed by atoms with Gasteiger partial charge < -0.3 is 10.0 Å². The van der Waals surface area contributed by atoms with Gasteiger partial charge in [-0.25, -0.2) is 4.79 Å². The van der Waals surface area contributed by atoms with Crippen molar-refractivity contribution in [1.82, 2.24) is 4.90 Å². The van der Waals surface area contributed by atoms with E-state index in [2.05, 4.69) is 0 Å². The smallest absolute Gasteiger partial charge is 0.394 e. The zero-order valence-corrected chi connectivity index (χ0v) is 9.38.